The minimum absolute atomic E-state index is 0.154. The monoisotopic (exact) mass is 240 g/mol. The van der Waals surface area contributed by atoms with E-state index < -0.39 is 0 Å². The summed E-state index contributed by atoms with van der Waals surface area (Å²) in [6, 6.07) is 0. The number of rotatable bonds is 7. The highest BCUT2D eigenvalue weighted by atomic mass is 16.5. The van der Waals surface area contributed by atoms with E-state index in [0.29, 0.717) is 25.7 Å². The van der Waals surface area contributed by atoms with Crippen molar-refractivity contribution in [3.8, 4) is 0 Å². The van der Waals surface area contributed by atoms with Gasteiger partial charge in [0.2, 0.25) is 5.91 Å². The zero-order valence-electron chi connectivity index (χ0n) is 10.8. The van der Waals surface area contributed by atoms with Gasteiger partial charge in [-0.3, -0.25) is 4.79 Å². The fraction of sp³-hybridized carbons (Fsp3) is 0.769. The molecule has 0 aromatic carbocycles. The van der Waals surface area contributed by atoms with Gasteiger partial charge in [-0.1, -0.05) is 6.08 Å². The molecule has 1 fully saturated rings. The molecule has 98 valence electrons. The van der Waals surface area contributed by atoms with Crippen LogP contribution >= 0.6 is 0 Å². The Labute approximate surface area is 104 Å². The number of amides is 1. The average molecular weight is 240 g/mol. The van der Waals surface area contributed by atoms with Crippen molar-refractivity contribution in [3.63, 3.8) is 0 Å². The minimum atomic E-state index is 0.154. The number of carbonyl (C=O) groups is 1. The van der Waals surface area contributed by atoms with Crippen LogP contribution in [0.2, 0.25) is 0 Å². The molecule has 1 aliphatic heterocycles. The zero-order chi connectivity index (χ0) is 12.5. The molecule has 1 heterocycles. The van der Waals surface area contributed by atoms with Gasteiger partial charge in [-0.15, -0.1) is 6.58 Å². The molecule has 0 aromatic heterocycles. The molecule has 0 aliphatic carbocycles. The fourth-order valence-electron chi connectivity index (χ4n) is 2.00. The molecule has 0 spiro atoms. The van der Waals surface area contributed by atoms with Gasteiger partial charge in [0.15, 0.2) is 0 Å². The van der Waals surface area contributed by atoms with Gasteiger partial charge < -0.3 is 15.0 Å². The Morgan fingerprint density at radius 2 is 2.24 bits per heavy atom. The molecule has 1 rings (SSSR count). The van der Waals surface area contributed by atoms with E-state index in [2.05, 4.69) is 11.9 Å². The number of piperidine rings is 1. The minimum Gasteiger partial charge on any atom is -0.378 e. The van der Waals surface area contributed by atoms with Crippen molar-refractivity contribution in [3.05, 3.63) is 12.7 Å². The normalized spacial score (nSPS) is 16.8. The number of ether oxygens (including phenoxy) is 1. The third-order valence-electron chi connectivity index (χ3n) is 3.04. The smallest absolute Gasteiger partial charge is 0.225 e. The van der Waals surface area contributed by atoms with Crippen LogP contribution < -0.4 is 5.32 Å². The summed E-state index contributed by atoms with van der Waals surface area (Å²) in [6.07, 6.45) is 4.68. The van der Waals surface area contributed by atoms with Gasteiger partial charge in [-0.25, -0.2) is 0 Å². The van der Waals surface area contributed by atoms with Crippen molar-refractivity contribution in [1.82, 2.24) is 10.2 Å². The average Bonchev–Trinajstić information content (AvgIpc) is 2.37. The van der Waals surface area contributed by atoms with Crippen molar-refractivity contribution in [2.75, 3.05) is 32.8 Å². The van der Waals surface area contributed by atoms with Crippen LogP contribution in [-0.2, 0) is 9.53 Å². The summed E-state index contributed by atoms with van der Waals surface area (Å²) in [4.78, 5) is 13.6. The van der Waals surface area contributed by atoms with E-state index in [9.17, 15) is 4.79 Å². The number of nitrogens with zero attached hydrogens (tertiary/aromatic N) is 1. The maximum Gasteiger partial charge on any atom is 0.225 e. The molecule has 0 radical (unpaired) electrons. The van der Waals surface area contributed by atoms with E-state index >= 15 is 0 Å². The lowest BCUT2D eigenvalue weighted by Crippen LogP contribution is -2.34. The number of carbonyl (C=O) groups excluding carboxylic acids is 1. The second kappa shape index (κ2) is 8.25. The van der Waals surface area contributed by atoms with Crippen LogP contribution in [0.4, 0.5) is 0 Å². The van der Waals surface area contributed by atoms with Gasteiger partial charge in [-0.05, 0) is 32.9 Å². The van der Waals surface area contributed by atoms with Crippen molar-refractivity contribution in [2.45, 2.75) is 32.3 Å². The van der Waals surface area contributed by atoms with Gasteiger partial charge in [0.05, 0.1) is 19.1 Å². The Kier molecular flexibility index (Phi) is 6.89. The van der Waals surface area contributed by atoms with E-state index in [-0.39, 0.29) is 5.91 Å². The van der Waals surface area contributed by atoms with E-state index in [0.717, 1.165) is 32.5 Å². The summed E-state index contributed by atoms with van der Waals surface area (Å²) < 4.78 is 5.71. The predicted octanol–water partition coefficient (Wildman–Crippen LogP) is 1.18. The Morgan fingerprint density at radius 1 is 1.53 bits per heavy atom. The highest BCUT2D eigenvalue weighted by Gasteiger charge is 2.15. The van der Waals surface area contributed by atoms with Crippen LogP contribution in [0.1, 0.15) is 26.2 Å². The van der Waals surface area contributed by atoms with E-state index in [1.165, 1.54) is 0 Å². The molecule has 1 saturated heterocycles. The first kappa shape index (κ1) is 14.2. The first-order chi connectivity index (χ1) is 8.27. The molecule has 0 saturated carbocycles. The molecular weight excluding hydrogens is 216 g/mol. The molecule has 17 heavy (non-hydrogen) atoms. The fourth-order valence-corrected chi connectivity index (χ4v) is 2.00. The van der Waals surface area contributed by atoms with Gasteiger partial charge >= 0.3 is 0 Å². The highest BCUT2D eigenvalue weighted by Crippen LogP contribution is 2.07. The summed E-state index contributed by atoms with van der Waals surface area (Å²) >= 11 is 0. The molecule has 1 amide bonds. The van der Waals surface area contributed by atoms with Crippen LogP contribution in [0.25, 0.3) is 0 Å². The molecule has 0 unspecified atom stereocenters. The summed E-state index contributed by atoms with van der Waals surface area (Å²) in [5.74, 6) is 0.154. The third-order valence-corrected chi connectivity index (χ3v) is 3.04. The first-order valence-electron chi connectivity index (χ1n) is 6.49. The van der Waals surface area contributed by atoms with Crippen LogP contribution in [0.5, 0.6) is 0 Å². The molecule has 1 aliphatic rings. The van der Waals surface area contributed by atoms with Crippen LogP contribution in [0.3, 0.4) is 0 Å². The lowest BCUT2D eigenvalue weighted by atomic mass is 10.1. The van der Waals surface area contributed by atoms with E-state index in [4.69, 9.17) is 4.74 Å². The number of hydrogen-bond donors (Lipinski definition) is 1. The lowest BCUT2D eigenvalue weighted by Gasteiger charge is -2.24. The molecular formula is C13H24N2O2. The Morgan fingerprint density at radius 3 is 2.82 bits per heavy atom. The maximum absolute atomic E-state index is 11.8. The maximum atomic E-state index is 11.8. The van der Waals surface area contributed by atoms with Gasteiger partial charge in [0.1, 0.15) is 0 Å². The highest BCUT2D eigenvalue weighted by molar-refractivity contribution is 5.76. The molecule has 0 bridgehead atoms. The second-order valence-corrected chi connectivity index (χ2v) is 4.29. The van der Waals surface area contributed by atoms with Crippen molar-refractivity contribution in [2.24, 2.45) is 0 Å². The van der Waals surface area contributed by atoms with Crippen molar-refractivity contribution in [1.29, 1.82) is 0 Å². The largest absolute Gasteiger partial charge is 0.378 e. The quantitative estimate of drug-likeness (QED) is 0.679. The van der Waals surface area contributed by atoms with Crippen LogP contribution in [0.15, 0.2) is 12.7 Å². The topological polar surface area (TPSA) is 41.6 Å². The van der Waals surface area contributed by atoms with Crippen LogP contribution in [0, 0.1) is 0 Å². The summed E-state index contributed by atoms with van der Waals surface area (Å²) in [7, 11) is 0. The third kappa shape index (κ3) is 5.33. The summed E-state index contributed by atoms with van der Waals surface area (Å²) in [5, 5.41) is 3.29. The number of nitrogens with one attached hydrogen (secondary N) is 1. The van der Waals surface area contributed by atoms with Gasteiger partial charge in [0.25, 0.3) is 0 Å². The summed E-state index contributed by atoms with van der Waals surface area (Å²) in [5.41, 5.74) is 0. The number of hydrogen-bond acceptors (Lipinski definition) is 3. The van der Waals surface area contributed by atoms with Gasteiger partial charge in [-0.2, -0.15) is 0 Å². The first-order valence-corrected chi connectivity index (χ1v) is 6.49. The molecule has 0 aromatic rings. The van der Waals surface area contributed by atoms with Crippen molar-refractivity contribution < 1.29 is 9.53 Å². The standard InChI is InChI=1S/C13H24N2O2/c1-3-10-15(4-2)13(16)7-11-17-12-5-8-14-9-6-12/h3,12,14H,1,4-11H2,2H3. The predicted molar refractivity (Wildman–Crippen MR) is 68.9 cm³/mol. The Hall–Kier alpha value is -0.870. The molecule has 0 atom stereocenters. The van der Waals surface area contributed by atoms with Crippen LogP contribution in [-0.4, -0.2) is 49.7 Å². The van der Waals surface area contributed by atoms with E-state index in [1.807, 2.05) is 6.92 Å². The molecule has 4 nitrogen and oxygen atoms in total. The molecule has 4 heteroatoms. The number of likely N-dealkylation sites (N-methyl/N-ethyl adjacent to an activating group) is 1. The summed E-state index contributed by atoms with van der Waals surface area (Å²) in [6.45, 7) is 9.58. The Bertz CT molecular complexity index is 238. The Balaban J connectivity index is 2.15. The lowest BCUT2D eigenvalue weighted by molar-refractivity contribution is -0.132. The van der Waals surface area contributed by atoms with Gasteiger partial charge in [0, 0.05) is 13.1 Å². The second-order valence-electron chi connectivity index (χ2n) is 4.29. The van der Waals surface area contributed by atoms with E-state index in [1.54, 1.807) is 11.0 Å². The zero-order valence-corrected chi connectivity index (χ0v) is 10.8. The molecule has 1 N–H and O–H groups in total. The SMILES string of the molecule is C=CCN(CC)C(=O)CCOC1CCNCC1. The van der Waals surface area contributed by atoms with Crippen molar-refractivity contribution >= 4 is 5.91 Å².